The van der Waals surface area contributed by atoms with E-state index in [4.69, 9.17) is 5.11 Å². The monoisotopic (exact) mass is 186 g/mol. The Kier molecular flexibility index (Phi) is 4.02. The number of rotatable bonds is 6. The summed E-state index contributed by atoms with van der Waals surface area (Å²) in [4.78, 5) is 10.2. The third-order valence-electron chi connectivity index (χ3n) is 2.25. The first kappa shape index (κ1) is 10.3. The molecule has 1 saturated carbocycles. The third-order valence-corrected chi connectivity index (χ3v) is 2.25. The molecule has 1 atom stereocenters. The molecule has 0 saturated heterocycles. The summed E-state index contributed by atoms with van der Waals surface area (Å²) in [5.41, 5.74) is 0. The molecule has 4 heteroatoms. The van der Waals surface area contributed by atoms with Crippen molar-refractivity contribution in [3.05, 3.63) is 0 Å². The Morgan fingerprint density at radius 1 is 1.62 bits per heavy atom. The summed E-state index contributed by atoms with van der Waals surface area (Å²) in [5, 5.41) is 14.1. The van der Waals surface area contributed by atoms with Crippen molar-refractivity contribution in [2.24, 2.45) is 5.92 Å². The van der Waals surface area contributed by atoms with Gasteiger partial charge in [-0.1, -0.05) is 0 Å². The Balaban J connectivity index is 1.88. The number of carbonyl (C=O) groups is 1. The zero-order valence-electron chi connectivity index (χ0n) is 8.05. The van der Waals surface area contributed by atoms with Gasteiger partial charge in [-0.15, -0.1) is 0 Å². The molecule has 1 aliphatic rings. The quantitative estimate of drug-likeness (QED) is 0.543. The van der Waals surface area contributed by atoms with Crippen LogP contribution in [0.1, 0.15) is 26.2 Å². The van der Waals surface area contributed by atoms with Crippen LogP contribution in [0.3, 0.4) is 0 Å². The molecule has 0 spiro atoms. The molecule has 0 aliphatic heterocycles. The van der Waals surface area contributed by atoms with Gasteiger partial charge in [0.2, 0.25) is 0 Å². The average Bonchev–Trinajstić information content (AvgIpc) is 2.80. The maximum Gasteiger partial charge on any atom is 0.404 e. The summed E-state index contributed by atoms with van der Waals surface area (Å²) in [6.45, 7) is 3.88. The standard InChI is InChI=1S/C9H18N2O2/c1-7(11-9(12)13)4-5-10-6-8-2-3-8/h7-8,10-11H,2-6H2,1H3,(H,12,13)/t7-/m0/s1. The molecule has 0 bridgehead atoms. The van der Waals surface area contributed by atoms with Gasteiger partial charge in [0.05, 0.1) is 0 Å². The van der Waals surface area contributed by atoms with Gasteiger partial charge in [0.1, 0.15) is 0 Å². The fourth-order valence-corrected chi connectivity index (χ4v) is 1.23. The van der Waals surface area contributed by atoms with Crippen LogP contribution in [0.5, 0.6) is 0 Å². The Labute approximate surface area is 78.7 Å². The average molecular weight is 186 g/mol. The fraction of sp³-hybridized carbons (Fsp3) is 0.889. The Hall–Kier alpha value is -0.770. The van der Waals surface area contributed by atoms with Crippen molar-refractivity contribution < 1.29 is 9.90 Å². The Bertz CT molecular complexity index is 169. The van der Waals surface area contributed by atoms with Crippen LogP contribution in [0, 0.1) is 5.92 Å². The van der Waals surface area contributed by atoms with Crippen LogP contribution in [-0.4, -0.2) is 30.3 Å². The molecule has 0 aromatic rings. The predicted molar refractivity (Wildman–Crippen MR) is 50.8 cm³/mol. The largest absolute Gasteiger partial charge is 0.465 e. The molecular formula is C9H18N2O2. The zero-order chi connectivity index (χ0) is 9.68. The van der Waals surface area contributed by atoms with Gasteiger partial charge < -0.3 is 15.7 Å². The third kappa shape index (κ3) is 5.47. The van der Waals surface area contributed by atoms with Crippen molar-refractivity contribution in [1.29, 1.82) is 0 Å². The van der Waals surface area contributed by atoms with Gasteiger partial charge in [-0.3, -0.25) is 0 Å². The summed E-state index contributed by atoms with van der Waals surface area (Å²) in [6, 6.07) is 0.0456. The number of amides is 1. The summed E-state index contributed by atoms with van der Waals surface area (Å²) in [5.74, 6) is 0.891. The van der Waals surface area contributed by atoms with Gasteiger partial charge in [0.15, 0.2) is 0 Å². The molecule has 1 fully saturated rings. The molecule has 1 aliphatic carbocycles. The van der Waals surface area contributed by atoms with Crippen LogP contribution in [-0.2, 0) is 0 Å². The highest BCUT2D eigenvalue weighted by Gasteiger charge is 2.20. The maximum atomic E-state index is 10.2. The van der Waals surface area contributed by atoms with Crippen molar-refractivity contribution in [2.75, 3.05) is 13.1 Å². The van der Waals surface area contributed by atoms with Gasteiger partial charge in [-0.25, -0.2) is 4.79 Å². The van der Waals surface area contributed by atoms with E-state index in [0.29, 0.717) is 0 Å². The lowest BCUT2D eigenvalue weighted by Crippen LogP contribution is -2.34. The second-order valence-corrected chi connectivity index (χ2v) is 3.79. The normalized spacial score (nSPS) is 18.2. The zero-order valence-corrected chi connectivity index (χ0v) is 8.05. The number of carboxylic acid groups (broad SMARTS) is 1. The lowest BCUT2D eigenvalue weighted by atomic mass is 10.2. The van der Waals surface area contributed by atoms with E-state index < -0.39 is 6.09 Å². The van der Waals surface area contributed by atoms with Gasteiger partial charge in [0, 0.05) is 6.04 Å². The molecule has 0 aromatic heterocycles. The molecule has 0 aromatic carbocycles. The van der Waals surface area contributed by atoms with E-state index in [1.54, 1.807) is 0 Å². The van der Waals surface area contributed by atoms with Crippen LogP contribution in [0.2, 0.25) is 0 Å². The van der Waals surface area contributed by atoms with Crippen molar-refractivity contribution in [1.82, 2.24) is 10.6 Å². The molecule has 3 N–H and O–H groups in total. The SMILES string of the molecule is C[C@@H](CCNCC1CC1)NC(=O)O. The highest BCUT2D eigenvalue weighted by atomic mass is 16.4. The second kappa shape index (κ2) is 5.07. The molecule has 1 amide bonds. The fourth-order valence-electron chi connectivity index (χ4n) is 1.23. The summed E-state index contributed by atoms with van der Waals surface area (Å²) < 4.78 is 0. The van der Waals surface area contributed by atoms with Gasteiger partial charge in [0.25, 0.3) is 0 Å². The van der Waals surface area contributed by atoms with E-state index in [0.717, 1.165) is 25.4 Å². The number of nitrogens with one attached hydrogen (secondary N) is 2. The molecule has 0 unspecified atom stereocenters. The topological polar surface area (TPSA) is 61.4 Å². The van der Waals surface area contributed by atoms with Crippen LogP contribution < -0.4 is 10.6 Å². The first-order chi connectivity index (χ1) is 6.18. The Morgan fingerprint density at radius 2 is 2.31 bits per heavy atom. The van der Waals surface area contributed by atoms with E-state index in [1.807, 2.05) is 6.92 Å². The first-order valence-corrected chi connectivity index (χ1v) is 4.88. The molecule has 4 nitrogen and oxygen atoms in total. The number of hydrogen-bond acceptors (Lipinski definition) is 2. The lowest BCUT2D eigenvalue weighted by Gasteiger charge is -2.11. The van der Waals surface area contributed by atoms with Crippen LogP contribution >= 0.6 is 0 Å². The first-order valence-electron chi connectivity index (χ1n) is 4.88. The molecule has 1 rings (SSSR count). The summed E-state index contributed by atoms with van der Waals surface area (Å²) in [7, 11) is 0. The highest BCUT2D eigenvalue weighted by Crippen LogP contribution is 2.27. The number of hydrogen-bond donors (Lipinski definition) is 3. The maximum absolute atomic E-state index is 10.2. The summed E-state index contributed by atoms with van der Waals surface area (Å²) in [6.07, 6.45) is 2.64. The van der Waals surface area contributed by atoms with Gasteiger partial charge >= 0.3 is 6.09 Å². The van der Waals surface area contributed by atoms with Crippen LogP contribution in [0.4, 0.5) is 4.79 Å². The van der Waals surface area contributed by atoms with Crippen molar-refractivity contribution in [2.45, 2.75) is 32.2 Å². The van der Waals surface area contributed by atoms with E-state index in [9.17, 15) is 4.79 Å². The van der Waals surface area contributed by atoms with Crippen molar-refractivity contribution in [3.8, 4) is 0 Å². The minimum atomic E-state index is -0.935. The van der Waals surface area contributed by atoms with Crippen LogP contribution in [0.25, 0.3) is 0 Å². The predicted octanol–water partition coefficient (Wildman–Crippen LogP) is 1.03. The van der Waals surface area contributed by atoms with E-state index in [1.165, 1.54) is 12.8 Å². The molecule has 0 radical (unpaired) electrons. The van der Waals surface area contributed by atoms with Gasteiger partial charge in [-0.05, 0) is 45.2 Å². The van der Waals surface area contributed by atoms with Crippen molar-refractivity contribution in [3.63, 3.8) is 0 Å². The van der Waals surface area contributed by atoms with E-state index in [-0.39, 0.29) is 6.04 Å². The van der Waals surface area contributed by atoms with Crippen molar-refractivity contribution >= 4 is 6.09 Å². The molecule has 13 heavy (non-hydrogen) atoms. The minimum absolute atomic E-state index is 0.0456. The molecular weight excluding hydrogens is 168 g/mol. The lowest BCUT2D eigenvalue weighted by molar-refractivity contribution is 0.190. The summed E-state index contributed by atoms with van der Waals surface area (Å²) >= 11 is 0. The van der Waals surface area contributed by atoms with E-state index >= 15 is 0 Å². The Morgan fingerprint density at radius 3 is 2.85 bits per heavy atom. The van der Waals surface area contributed by atoms with Crippen LogP contribution in [0.15, 0.2) is 0 Å². The second-order valence-electron chi connectivity index (χ2n) is 3.79. The molecule has 76 valence electrons. The smallest absolute Gasteiger partial charge is 0.404 e. The highest BCUT2D eigenvalue weighted by molar-refractivity contribution is 5.64. The molecule has 0 heterocycles. The minimum Gasteiger partial charge on any atom is -0.465 e. The van der Waals surface area contributed by atoms with Gasteiger partial charge in [-0.2, -0.15) is 0 Å². The van der Waals surface area contributed by atoms with E-state index in [2.05, 4.69) is 10.6 Å².